The summed E-state index contributed by atoms with van der Waals surface area (Å²) in [4.78, 5) is 48.5. The summed E-state index contributed by atoms with van der Waals surface area (Å²) in [6, 6.07) is 18.4. The summed E-state index contributed by atoms with van der Waals surface area (Å²) in [6.07, 6.45) is 0. The number of hydrogen-bond acceptors (Lipinski definition) is 6. The fourth-order valence-corrected chi connectivity index (χ4v) is 3.11. The van der Waals surface area contributed by atoms with Crippen LogP contribution < -0.4 is 20.7 Å². The van der Waals surface area contributed by atoms with Crippen molar-refractivity contribution in [3.8, 4) is 5.75 Å². The van der Waals surface area contributed by atoms with Gasteiger partial charge in [0.1, 0.15) is 12.3 Å². The lowest BCUT2D eigenvalue weighted by atomic mass is 10.1. The van der Waals surface area contributed by atoms with Gasteiger partial charge in [-0.25, -0.2) is 0 Å². The van der Waals surface area contributed by atoms with Crippen LogP contribution in [0.3, 0.4) is 0 Å². The van der Waals surface area contributed by atoms with Gasteiger partial charge in [0.15, 0.2) is 6.61 Å². The maximum atomic E-state index is 12.4. The second-order valence-electron chi connectivity index (χ2n) is 7.95. The van der Waals surface area contributed by atoms with Crippen molar-refractivity contribution in [2.45, 2.75) is 13.8 Å². The number of methoxy groups -OCH3 is 1. The summed E-state index contributed by atoms with van der Waals surface area (Å²) in [7, 11) is 1.56. The monoisotopic (exact) mass is 489 g/mol. The number of carbonyl (C=O) groups excluding carboxylic acids is 4. The second kappa shape index (κ2) is 12.2. The highest BCUT2D eigenvalue weighted by Gasteiger charge is 2.12. The molecule has 3 aromatic carbocycles. The molecule has 3 amide bonds. The molecule has 186 valence electrons. The van der Waals surface area contributed by atoms with Gasteiger partial charge < -0.3 is 25.4 Å². The largest absolute Gasteiger partial charge is 0.497 e. The highest BCUT2D eigenvalue weighted by atomic mass is 16.5. The van der Waals surface area contributed by atoms with E-state index in [1.165, 1.54) is 0 Å². The number of hydrogen-bond donors (Lipinski definition) is 3. The molecule has 0 aliphatic carbocycles. The Kier molecular flexibility index (Phi) is 8.77. The molecule has 0 saturated carbocycles. The molecule has 36 heavy (non-hydrogen) atoms. The third kappa shape index (κ3) is 7.42. The van der Waals surface area contributed by atoms with Gasteiger partial charge in [-0.1, -0.05) is 6.07 Å². The number of anilines is 2. The van der Waals surface area contributed by atoms with Gasteiger partial charge in [-0.05, 0) is 85.6 Å². The zero-order valence-electron chi connectivity index (χ0n) is 20.2. The summed E-state index contributed by atoms with van der Waals surface area (Å²) in [5, 5.41) is 7.82. The van der Waals surface area contributed by atoms with E-state index in [0.717, 1.165) is 11.1 Å². The van der Waals surface area contributed by atoms with Gasteiger partial charge in [0.2, 0.25) is 0 Å². The normalized spacial score (nSPS) is 10.2. The van der Waals surface area contributed by atoms with Crippen molar-refractivity contribution in [1.82, 2.24) is 5.32 Å². The highest BCUT2D eigenvalue weighted by Crippen LogP contribution is 2.17. The van der Waals surface area contributed by atoms with Crippen LogP contribution in [0.1, 0.15) is 31.8 Å². The van der Waals surface area contributed by atoms with Crippen molar-refractivity contribution in [3.05, 3.63) is 89.0 Å². The molecule has 0 aliphatic heterocycles. The van der Waals surface area contributed by atoms with E-state index in [0.29, 0.717) is 28.3 Å². The van der Waals surface area contributed by atoms with E-state index in [1.54, 1.807) is 67.8 Å². The van der Waals surface area contributed by atoms with Gasteiger partial charge >= 0.3 is 5.97 Å². The minimum Gasteiger partial charge on any atom is -0.497 e. The van der Waals surface area contributed by atoms with Gasteiger partial charge in [-0.3, -0.25) is 19.2 Å². The van der Waals surface area contributed by atoms with Crippen molar-refractivity contribution in [1.29, 1.82) is 0 Å². The smallest absolute Gasteiger partial charge is 0.325 e. The molecule has 0 aromatic heterocycles. The summed E-state index contributed by atoms with van der Waals surface area (Å²) in [6.45, 7) is 2.95. The van der Waals surface area contributed by atoms with Crippen molar-refractivity contribution in [2.24, 2.45) is 0 Å². The number of esters is 1. The maximum Gasteiger partial charge on any atom is 0.325 e. The Morgan fingerprint density at radius 1 is 0.722 bits per heavy atom. The standard InChI is InChI=1S/C27H27N3O6/c1-17-4-5-20(14-18(17)2)26(33)28-15-25(32)36-16-24(31)29-21-8-6-19(7-9-21)27(34)30-22-10-12-23(35-3)13-11-22/h4-14H,15-16H2,1-3H3,(H,28,33)(H,29,31)(H,30,34). The average Bonchev–Trinajstić information content (AvgIpc) is 2.88. The molecular weight excluding hydrogens is 462 g/mol. The first-order valence-corrected chi connectivity index (χ1v) is 11.1. The van der Waals surface area contributed by atoms with Gasteiger partial charge in [0, 0.05) is 22.5 Å². The van der Waals surface area contributed by atoms with Crippen LogP contribution in [0.15, 0.2) is 66.7 Å². The van der Waals surface area contributed by atoms with Crippen LogP contribution in [-0.2, 0) is 14.3 Å². The third-order valence-corrected chi connectivity index (χ3v) is 5.31. The minimum absolute atomic E-state index is 0.310. The topological polar surface area (TPSA) is 123 Å². The lowest BCUT2D eigenvalue weighted by molar-refractivity contribution is -0.146. The van der Waals surface area contributed by atoms with E-state index in [-0.39, 0.29) is 12.5 Å². The van der Waals surface area contributed by atoms with Crippen LogP contribution in [0.4, 0.5) is 11.4 Å². The molecule has 0 aliphatic rings. The van der Waals surface area contributed by atoms with Gasteiger partial charge in [0.25, 0.3) is 17.7 Å². The van der Waals surface area contributed by atoms with E-state index < -0.39 is 24.4 Å². The molecule has 0 saturated heterocycles. The maximum absolute atomic E-state index is 12.4. The Hall–Kier alpha value is -4.66. The number of amides is 3. The van der Waals surface area contributed by atoms with Gasteiger partial charge in [-0.15, -0.1) is 0 Å². The van der Waals surface area contributed by atoms with Crippen molar-refractivity contribution in [3.63, 3.8) is 0 Å². The van der Waals surface area contributed by atoms with Crippen molar-refractivity contribution < 1.29 is 28.7 Å². The molecule has 0 bridgehead atoms. The summed E-state index contributed by atoms with van der Waals surface area (Å²) in [5.41, 5.74) is 3.90. The lowest BCUT2D eigenvalue weighted by Crippen LogP contribution is -2.32. The molecule has 0 radical (unpaired) electrons. The fourth-order valence-electron chi connectivity index (χ4n) is 3.11. The second-order valence-corrected chi connectivity index (χ2v) is 7.95. The SMILES string of the molecule is COc1ccc(NC(=O)c2ccc(NC(=O)COC(=O)CNC(=O)c3ccc(C)c(C)c3)cc2)cc1. The van der Waals surface area contributed by atoms with Crippen molar-refractivity contribution in [2.75, 3.05) is 30.9 Å². The van der Waals surface area contributed by atoms with Crippen LogP contribution in [0.25, 0.3) is 0 Å². The molecule has 0 fully saturated rings. The van der Waals surface area contributed by atoms with E-state index in [1.807, 2.05) is 19.9 Å². The van der Waals surface area contributed by atoms with E-state index in [4.69, 9.17) is 9.47 Å². The van der Waals surface area contributed by atoms with Crippen LogP contribution in [-0.4, -0.2) is 44.0 Å². The number of carbonyl (C=O) groups is 4. The van der Waals surface area contributed by atoms with Crippen LogP contribution in [0, 0.1) is 13.8 Å². The van der Waals surface area contributed by atoms with Crippen LogP contribution in [0.2, 0.25) is 0 Å². The summed E-state index contributed by atoms with van der Waals surface area (Å²) >= 11 is 0. The molecular formula is C27H27N3O6. The predicted octanol–water partition coefficient (Wildman–Crippen LogP) is 3.48. The summed E-state index contributed by atoms with van der Waals surface area (Å²) in [5.74, 6) is -1.33. The molecule has 3 N–H and O–H groups in total. The average molecular weight is 490 g/mol. The molecule has 9 heteroatoms. The zero-order valence-corrected chi connectivity index (χ0v) is 20.2. The van der Waals surface area contributed by atoms with E-state index in [9.17, 15) is 19.2 Å². The number of aryl methyl sites for hydroxylation is 2. The molecule has 3 aromatic rings. The first kappa shape index (κ1) is 26.0. The molecule has 0 spiro atoms. The Bertz CT molecular complexity index is 1250. The van der Waals surface area contributed by atoms with Crippen LogP contribution in [0.5, 0.6) is 5.75 Å². The Morgan fingerprint density at radius 2 is 1.33 bits per heavy atom. The molecule has 0 atom stereocenters. The van der Waals surface area contributed by atoms with Gasteiger partial charge in [-0.2, -0.15) is 0 Å². The van der Waals surface area contributed by atoms with E-state index in [2.05, 4.69) is 16.0 Å². The Morgan fingerprint density at radius 3 is 1.97 bits per heavy atom. The highest BCUT2D eigenvalue weighted by molar-refractivity contribution is 6.04. The quantitative estimate of drug-likeness (QED) is 0.396. The van der Waals surface area contributed by atoms with E-state index >= 15 is 0 Å². The first-order valence-electron chi connectivity index (χ1n) is 11.1. The lowest BCUT2D eigenvalue weighted by Gasteiger charge is -2.09. The van der Waals surface area contributed by atoms with Crippen molar-refractivity contribution >= 4 is 35.1 Å². The number of rotatable bonds is 9. The number of nitrogens with one attached hydrogen (secondary N) is 3. The van der Waals surface area contributed by atoms with Gasteiger partial charge in [0.05, 0.1) is 7.11 Å². The number of ether oxygens (including phenoxy) is 2. The Balaban J connectivity index is 1.41. The van der Waals surface area contributed by atoms with Crippen LogP contribution >= 0.6 is 0 Å². The molecule has 0 heterocycles. The molecule has 3 rings (SSSR count). The fraction of sp³-hybridized carbons (Fsp3) is 0.185. The number of benzene rings is 3. The predicted molar refractivity (Wildman–Crippen MR) is 135 cm³/mol. The molecule has 0 unspecified atom stereocenters. The first-order chi connectivity index (χ1) is 17.2. The Labute approximate surface area is 208 Å². The zero-order chi connectivity index (χ0) is 26.1. The minimum atomic E-state index is -0.743. The third-order valence-electron chi connectivity index (χ3n) is 5.31. The molecule has 9 nitrogen and oxygen atoms in total. The summed E-state index contributed by atoms with van der Waals surface area (Å²) < 4.78 is 10.00.